The van der Waals surface area contributed by atoms with Gasteiger partial charge in [0.1, 0.15) is 5.78 Å². The van der Waals surface area contributed by atoms with Gasteiger partial charge >= 0.3 is 0 Å². The fraction of sp³-hybridized carbons (Fsp3) is 0.923. The maximum atomic E-state index is 11.2. The second kappa shape index (κ2) is 5.78. The lowest BCUT2D eigenvalue weighted by Gasteiger charge is -2.30. The van der Waals surface area contributed by atoms with Crippen molar-refractivity contribution in [1.29, 1.82) is 0 Å². The molecule has 2 saturated heterocycles. The number of ketones is 1. The molecular formula is C13H23NO2. The van der Waals surface area contributed by atoms with Crippen LogP contribution in [0.2, 0.25) is 0 Å². The molecule has 2 fully saturated rings. The zero-order valence-electron chi connectivity index (χ0n) is 10.3. The Kier molecular flexibility index (Phi) is 4.36. The predicted octanol–water partition coefficient (Wildman–Crippen LogP) is 2.00. The van der Waals surface area contributed by atoms with Gasteiger partial charge in [0.25, 0.3) is 0 Å². The molecule has 0 saturated carbocycles. The van der Waals surface area contributed by atoms with Gasteiger partial charge in [-0.15, -0.1) is 0 Å². The Hall–Kier alpha value is -0.410. The molecule has 2 atom stereocenters. The maximum Gasteiger partial charge on any atom is 0.131 e. The van der Waals surface area contributed by atoms with Crippen LogP contribution >= 0.6 is 0 Å². The Morgan fingerprint density at radius 2 is 2.19 bits per heavy atom. The summed E-state index contributed by atoms with van der Waals surface area (Å²) in [7, 11) is 0. The van der Waals surface area contributed by atoms with E-state index in [-0.39, 0.29) is 0 Å². The van der Waals surface area contributed by atoms with Crippen LogP contribution in [-0.4, -0.2) is 42.5 Å². The fourth-order valence-corrected chi connectivity index (χ4v) is 2.91. The Bertz CT molecular complexity index is 236. The molecule has 3 nitrogen and oxygen atoms in total. The number of carbonyl (C=O) groups excluding carboxylic acids is 1. The lowest BCUT2D eigenvalue weighted by Crippen LogP contribution is -2.39. The van der Waals surface area contributed by atoms with Gasteiger partial charge in [0.2, 0.25) is 0 Å². The van der Waals surface area contributed by atoms with Crippen molar-refractivity contribution < 1.29 is 9.53 Å². The number of likely N-dealkylation sites (tertiary alicyclic amines) is 1. The SMILES string of the molecule is CC(=O)CC1CCCN1CC1CCCCO1. The number of hydrogen-bond acceptors (Lipinski definition) is 3. The van der Waals surface area contributed by atoms with Gasteiger partial charge < -0.3 is 4.74 Å². The zero-order valence-corrected chi connectivity index (χ0v) is 10.3. The zero-order chi connectivity index (χ0) is 11.4. The van der Waals surface area contributed by atoms with Gasteiger partial charge in [-0.25, -0.2) is 0 Å². The molecule has 0 bridgehead atoms. The summed E-state index contributed by atoms with van der Waals surface area (Å²) >= 11 is 0. The van der Waals surface area contributed by atoms with Crippen molar-refractivity contribution in [2.75, 3.05) is 19.7 Å². The average molecular weight is 225 g/mol. The van der Waals surface area contributed by atoms with E-state index in [1.165, 1.54) is 32.1 Å². The highest BCUT2D eigenvalue weighted by Crippen LogP contribution is 2.23. The fourth-order valence-electron chi connectivity index (χ4n) is 2.91. The van der Waals surface area contributed by atoms with Gasteiger partial charge in [0, 0.05) is 25.6 Å². The molecule has 0 amide bonds. The largest absolute Gasteiger partial charge is 0.377 e. The lowest BCUT2D eigenvalue weighted by atomic mass is 10.1. The van der Waals surface area contributed by atoms with E-state index in [9.17, 15) is 4.79 Å². The van der Waals surface area contributed by atoms with E-state index in [0.717, 1.165) is 26.1 Å². The molecule has 2 aliphatic heterocycles. The summed E-state index contributed by atoms with van der Waals surface area (Å²) < 4.78 is 5.77. The summed E-state index contributed by atoms with van der Waals surface area (Å²) in [6.45, 7) is 4.82. The number of hydrogen-bond donors (Lipinski definition) is 0. The molecule has 3 heteroatoms. The quantitative estimate of drug-likeness (QED) is 0.733. The van der Waals surface area contributed by atoms with Gasteiger partial charge in [-0.3, -0.25) is 9.69 Å². The van der Waals surface area contributed by atoms with Crippen molar-refractivity contribution in [3.05, 3.63) is 0 Å². The highest BCUT2D eigenvalue weighted by atomic mass is 16.5. The Morgan fingerprint density at radius 1 is 1.31 bits per heavy atom. The van der Waals surface area contributed by atoms with Crippen molar-refractivity contribution >= 4 is 5.78 Å². The van der Waals surface area contributed by atoms with Crippen molar-refractivity contribution in [2.45, 2.75) is 57.6 Å². The highest BCUT2D eigenvalue weighted by molar-refractivity contribution is 5.76. The molecule has 0 N–H and O–H groups in total. The van der Waals surface area contributed by atoms with E-state index in [0.29, 0.717) is 17.9 Å². The third-order valence-electron chi connectivity index (χ3n) is 3.73. The minimum absolute atomic E-state index is 0.321. The van der Waals surface area contributed by atoms with E-state index in [1.807, 2.05) is 0 Å². The molecule has 0 radical (unpaired) electrons. The van der Waals surface area contributed by atoms with Gasteiger partial charge in [-0.2, -0.15) is 0 Å². The number of rotatable bonds is 4. The molecular weight excluding hydrogens is 202 g/mol. The lowest BCUT2D eigenvalue weighted by molar-refractivity contribution is -0.118. The van der Waals surface area contributed by atoms with Crippen molar-refractivity contribution in [3.8, 4) is 0 Å². The number of carbonyl (C=O) groups is 1. The maximum absolute atomic E-state index is 11.2. The van der Waals surface area contributed by atoms with E-state index in [4.69, 9.17) is 4.74 Å². The Balaban J connectivity index is 1.80. The van der Waals surface area contributed by atoms with Crippen molar-refractivity contribution in [3.63, 3.8) is 0 Å². The average Bonchev–Trinajstić information content (AvgIpc) is 2.66. The molecule has 0 aromatic carbocycles. The molecule has 16 heavy (non-hydrogen) atoms. The molecule has 2 heterocycles. The van der Waals surface area contributed by atoms with Crippen LogP contribution in [0.5, 0.6) is 0 Å². The summed E-state index contributed by atoms with van der Waals surface area (Å²) in [6.07, 6.45) is 7.29. The van der Waals surface area contributed by atoms with Crippen LogP contribution in [0, 0.1) is 0 Å². The molecule has 2 rings (SSSR count). The van der Waals surface area contributed by atoms with Gasteiger partial charge in [-0.05, 0) is 45.6 Å². The molecule has 0 aliphatic carbocycles. The second-order valence-corrected chi connectivity index (χ2v) is 5.19. The van der Waals surface area contributed by atoms with Crippen LogP contribution in [-0.2, 0) is 9.53 Å². The first-order chi connectivity index (χ1) is 7.75. The Labute approximate surface area is 98.1 Å². The third kappa shape index (κ3) is 3.29. The molecule has 0 aromatic heterocycles. The van der Waals surface area contributed by atoms with Crippen LogP contribution in [0.4, 0.5) is 0 Å². The summed E-state index contributed by atoms with van der Waals surface area (Å²) in [5.74, 6) is 0.321. The number of nitrogens with zero attached hydrogens (tertiary/aromatic N) is 1. The van der Waals surface area contributed by atoms with Gasteiger partial charge in [0.15, 0.2) is 0 Å². The van der Waals surface area contributed by atoms with Crippen LogP contribution < -0.4 is 0 Å². The predicted molar refractivity (Wildman–Crippen MR) is 63.5 cm³/mol. The van der Waals surface area contributed by atoms with Crippen LogP contribution in [0.3, 0.4) is 0 Å². The topological polar surface area (TPSA) is 29.5 Å². The summed E-state index contributed by atoms with van der Waals surface area (Å²) in [4.78, 5) is 13.6. The van der Waals surface area contributed by atoms with Crippen LogP contribution in [0.1, 0.15) is 45.4 Å². The summed E-state index contributed by atoms with van der Waals surface area (Å²) in [6, 6.07) is 0.489. The summed E-state index contributed by atoms with van der Waals surface area (Å²) in [5.41, 5.74) is 0. The smallest absolute Gasteiger partial charge is 0.131 e. The van der Waals surface area contributed by atoms with E-state index in [2.05, 4.69) is 4.90 Å². The Morgan fingerprint density at radius 3 is 2.88 bits per heavy atom. The molecule has 92 valence electrons. The molecule has 0 aromatic rings. The van der Waals surface area contributed by atoms with Crippen LogP contribution in [0.15, 0.2) is 0 Å². The monoisotopic (exact) mass is 225 g/mol. The normalized spacial score (nSPS) is 31.8. The number of Topliss-reactive ketones (excluding diaryl/α,β-unsaturated/α-hetero) is 1. The first kappa shape index (κ1) is 12.1. The van der Waals surface area contributed by atoms with Gasteiger partial charge in [0.05, 0.1) is 6.10 Å². The minimum Gasteiger partial charge on any atom is -0.377 e. The molecule has 0 spiro atoms. The molecule has 2 unspecified atom stereocenters. The van der Waals surface area contributed by atoms with E-state index < -0.39 is 0 Å². The standard InChI is InChI=1S/C13H23NO2/c1-11(15)9-12-5-4-7-14(12)10-13-6-2-3-8-16-13/h12-13H,2-10H2,1H3. The summed E-state index contributed by atoms with van der Waals surface area (Å²) in [5, 5.41) is 0. The number of ether oxygens (including phenoxy) is 1. The first-order valence-corrected chi connectivity index (χ1v) is 6.61. The molecule has 2 aliphatic rings. The highest BCUT2D eigenvalue weighted by Gasteiger charge is 2.28. The first-order valence-electron chi connectivity index (χ1n) is 6.61. The minimum atomic E-state index is 0.321. The third-order valence-corrected chi connectivity index (χ3v) is 3.73. The van der Waals surface area contributed by atoms with E-state index in [1.54, 1.807) is 6.92 Å². The van der Waals surface area contributed by atoms with Gasteiger partial charge in [-0.1, -0.05) is 0 Å². The van der Waals surface area contributed by atoms with Crippen LogP contribution in [0.25, 0.3) is 0 Å². The van der Waals surface area contributed by atoms with E-state index >= 15 is 0 Å². The second-order valence-electron chi connectivity index (χ2n) is 5.19. The van der Waals surface area contributed by atoms with Crippen molar-refractivity contribution in [1.82, 2.24) is 4.90 Å². The van der Waals surface area contributed by atoms with Crippen molar-refractivity contribution in [2.24, 2.45) is 0 Å².